The molecule has 0 aromatic heterocycles. The number of carbonyl (C=O) groups is 2. The van der Waals surface area contributed by atoms with Gasteiger partial charge in [0, 0.05) is 5.69 Å². The van der Waals surface area contributed by atoms with E-state index in [-0.39, 0.29) is 12.0 Å². The summed E-state index contributed by atoms with van der Waals surface area (Å²) in [5.74, 6) is -1.15. The van der Waals surface area contributed by atoms with Crippen LogP contribution in [0.15, 0.2) is 48.5 Å². The van der Waals surface area contributed by atoms with E-state index in [4.69, 9.17) is 9.47 Å². The predicted molar refractivity (Wildman–Crippen MR) is 96.6 cm³/mol. The van der Waals surface area contributed by atoms with E-state index in [0.717, 1.165) is 5.56 Å². The molecule has 2 aromatic carbocycles. The lowest BCUT2D eigenvalue weighted by molar-refractivity contribution is -0.149. The number of carbonyl (C=O) groups excluding carboxylic acids is 2. The zero-order valence-corrected chi connectivity index (χ0v) is 15.0. The van der Waals surface area contributed by atoms with Crippen molar-refractivity contribution in [3.8, 4) is 5.75 Å². The third-order valence-electron chi connectivity index (χ3n) is 3.55. The van der Waals surface area contributed by atoms with Gasteiger partial charge < -0.3 is 14.8 Å². The molecule has 0 fully saturated rings. The average molecular weight is 359 g/mol. The Labute approximate surface area is 152 Å². The summed E-state index contributed by atoms with van der Waals surface area (Å²) < 4.78 is 23.2. The number of hydrogen-bond donors (Lipinski definition) is 1. The lowest BCUT2D eigenvalue weighted by Crippen LogP contribution is -2.23. The molecule has 6 heteroatoms. The van der Waals surface area contributed by atoms with Gasteiger partial charge in [0.05, 0.1) is 0 Å². The Morgan fingerprint density at radius 2 is 1.73 bits per heavy atom. The molecule has 138 valence electrons. The fourth-order valence-electron chi connectivity index (χ4n) is 2.14. The summed E-state index contributed by atoms with van der Waals surface area (Å²) in [6, 6.07) is 12.9. The highest BCUT2D eigenvalue weighted by molar-refractivity contribution is 5.92. The van der Waals surface area contributed by atoms with E-state index in [1.165, 1.54) is 24.3 Å². The maximum atomic E-state index is 13.0. The maximum Gasteiger partial charge on any atom is 0.344 e. The molecule has 0 radical (unpaired) electrons. The molecule has 0 spiro atoms. The SMILES string of the molecule is CC(C)(C)c1ccc(OCC(=O)OCC(=O)Nc2cccc(F)c2)cc1. The highest BCUT2D eigenvalue weighted by atomic mass is 19.1. The van der Waals surface area contributed by atoms with Crippen molar-refractivity contribution in [2.75, 3.05) is 18.5 Å². The minimum absolute atomic E-state index is 0.0342. The lowest BCUT2D eigenvalue weighted by Gasteiger charge is -2.19. The summed E-state index contributed by atoms with van der Waals surface area (Å²) in [7, 11) is 0. The molecule has 0 atom stereocenters. The number of ether oxygens (including phenoxy) is 2. The topological polar surface area (TPSA) is 64.6 Å². The van der Waals surface area contributed by atoms with Crippen molar-refractivity contribution < 1.29 is 23.5 Å². The second-order valence-electron chi connectivity index (χ2n) is 6.78. The molecule has 0 heterocycles. The van der Waals surface area contributed by atoms with Gasteiger partial charge in [0.1, 0.15) is 11.6 Å². The largest absolute Gasteiger partial charge is 0.482 e. The van der Waals surface area contributed by atoms with Crippen molar-refractivity contribution >= 4 is 17.6 Å². The van der Waals surface area contributed by atoms with E-state index >= 15 is 0 Å². The number of benzene rings is 2. The maximum absolute atomic E-state index is 13.0. The third kappa shape index (κ3) is 6.20. The number of rotatable bonds is 6. The van der Waals surface area contributed by atoms with Crippen LogP contribution in [0.25, 0.3) is 0 Å². The normalized spacial score (nSPS) is 10.9. The number of halogens is 1. The molecule has 0 aliphatic heterocycles. The third-order valence-corrected chi connectivity index (χ3v) is 3.55. The van der Waals surface area contributed by atoms with E-state index < -0.39 is 24.3 Å². The van der Waals surface area contributed by atoms with E-state index in [0.29, 0.717) is 11.4 Å². The summed E-state index contributed by atoms with van der Waals surface area (Å²) >= 11 is 0. The Kier molecular flexibility index (Phi) is 6.33. The standard InChI is InChI=1S/C20H22FNO4/c1-20(2,3)14-7-9-17(10-8-14)25-13-19(24)26-12-18(23)22-16-6-4-5-15(21)11-16/h4-11H,12-13H2,1-3H3,(H,22,23). The Hall–Kier alpha value is -2.89. The van der Waals surface area contributed by atoms with E-state index in [2.05, 4.69) is 26.1 Å². The van der Waals surface area contributed by atoms with E-state index in [1.807, 2.05) is 12.1 Å². The first kappa shape index (κ1) is 19.4. The van der Waals surface area contributed by atoms with Crippen LogP contribution in [-0.2, 0) is 19.7 Å². The van der Waals surface area contributed by atoms with Crippen LogP contribution in [0, 0.1) is 5.82 Å². The van der Waals surface area contributed by atoms with E-state index in [9.17, 15) is 14.0 Å². The summed E-state index contributed by atoms with van der Waals surface area (Å²) in [5.41, 5.74) is 1.48. The monoisotopic (exact) mass is 359 g/mol. The summed E-state index contributed by atoms with van der Waals surface area (Å²) in [5, 5.41) is 2.44. The second kappa shape index (κ2) is 8.47. The zero-order valence-electron chi connectivity index (χ0n) is 15.0. The molecule has 0 saturated carbocycles. The first-order chi connectivity index (χ1) is 12.2. The highest BCUT2D eigenvalue weighted by Gasteiger charge is 2.13. The number of amides is 1. The van der Waals surface area contributed by atoms with Crippen molar-refractivity contribution in [1.82, 2.24) is 0 Å². The van der Waals surface area contributed by atoms with Crippen molar-refractivity contribution in [2.45, 2.75) is 26.2 Å². The molecule has 0 aliphatic carbocycles. The molecular formula is C20H22FNO4. The number of esters is 1. The van der Waals surface area contributed by atoms with Crippen molar-refractivity contribution in [3.63, 3.8) is 0 Å². The molecular weight excluding hydrogens is 337 g/mol. The molecule has 0 saturated heterocycles. The van der Waals surface area contributed by atoms with Crippen LogP contribution < -0.4 is 10.1 Å². The molecule has 5 nitrogen and oxygen atoms in total. The molecule has 1 amide bonds. The van der Waals surface area contributed by atoms with Crippen LogP contribution in [-0.4, -0.2) is 25.1 Å². The molecule has 0 aliphatic rings. The Morgan fingerprint density at radius 1 is 1.04 bits per heavy atom. The van der Waals surface area contributed by atoms with Crippen LogP contribution in [0.1, 0.15) is 26.3 Å². The van der Waals surface area contributed by atoms with Crippen LogP contribution >= 0.6 is 0 Å². The molecule has 1 N–H and O–H groups in total. The lowest BCUT2D eigenvalue weighted by atomic mass is 9.87. The fourth-order valence-corrected chi connectivity index (χ4v) is 2.14. The van der Waals surface area contributed by atoms with Gasteiger partial charge in [0.2, 0.25) is 0 Å². The van der Waals surface area contributed by atoms with Crippen LogP contribution in [0.2, 0.25) is 0 Å². The smallest absolute Gasteiger partial charge is 0.344 e. The minimum Gasteiger partial charge on any atom is -0.482 e. The Bertz CT molecular complexity index is 766. The van der Waals surface area contributed by atoms with Crippen molar-refractivity contribution in [1.29, 1.82) is 0 Å². The van der Waals surface area contributed by atoms with Gasteiger partial charge in [-0.25, -0.2) is 9.18 Å². The highest BCUT2D eigenvalue weighted by Crippen LogP contribution is 2.24. The number of hydrogen-bond acceptors (Lipinski definition) is 4. The molecule has 0 unspecified atom stereocenters. The summed E-state index contributed by atoms with van der Waals surface area (Å²) in [6.07, 6.45) is 0. The number of anilines is 1. The van der Waals surface area contributed by atoms with Gasteiger partial charge in [-0.1, -0.05) is 39.0 Å². The van der Waals surface area contributed by atoms with E-state index in [1.54, 1.807) is 12.1 Å². The van der Waals surface area contributed by atoms with Gasteiger partial charge in [-0.3, -0.25) is 4.79 Å². The van der Waals surface area contributed by atoms with Gasteiger partial charge in [-0.2, -0.15) is 0 Å². The second-order valence-corrected chi connectivity index (χ2v) is 6.78. The van der Waals surface area contributed by atoms with Gasteiger partial charge in [-0.15, -0.1) is 0 Å². The van der Waals surface area contributed by atoms with Gasteiger partial charge in [0.15, 0.2) is 13.2 Å². The first-order valence-corrected chi connectivity index (χ1v) is 8.18. The quantitative estimate of drug-likeness (QED) is 0.799. The van der Waals surface area contributed by atoms with Gasteiger partial charge >= 0.3 is 5.97 Å². The van der Waals surface area contributed by atoms with Gasteiger partial charge in [-0.05, 0) is 41.3 Å². The van der Waals surface area contributed by atoms with Crippen molar-refractivity contribution in [2.24, 2.45) is 0 Å². The molecule has 2 rings (SSSR count). The van der Waals surface area contributed by atoms with Crippen LogP contribution in [0.5, 0.6) is 5.75 Å². The Balaban J connectivity index is 1.74. The molecule has 0 bridgehead atoms. The fraction of sp³-hybridized carbons (Fsp3) is 0.300. The van der Waals surface area contributed by atoms with Crippen LogP contribution in [0.4, 0.5) is 10.1 Å². The molecule has 26 heavy (non-hydrogen) atoms. The molecule has 2 aromatic rings. The van der Waals surface area contributed by atoms with Crippen molar-refractivity contribution in [3.05, 3.63) is 59.9 Å². The first-order valence-electron chi connectivity index (χ1n) is 8.18. The minimum atomic E-state index is -0.667. The summed E-state index contributed by atoms with van der Waals surface area (Å²) in [4.78, 5) is 23.3. The number of nitrogens with one attached hydrogen (secondary N) is 1. The zero-order chi connectivity index (χ0) is 19.2. The van der Waals surface area contributed by atoms with Gasteiger partial charge in [0.25, 0.3) is 5.91 Å². The predicted octanol–water partition coefficient (Wildman–Crippen LogP) is 3.68. The average Bonchev–Trinajstić information content (AvgIpc) is 2.58. The van der Waals surface area contributed by atoms with Crippen LogP contribution in [0.3, 0.4) is 0 Å². The summed E-state index contributed by atoms with van der Waals surface area (Å²) in [6.45, 7) is 5.54. The Morgan fingerprint density at radius 3 is 2.35 bits per heavy atom.